The highest BCUT2D eigenvalue weighted by Crippen LogP contribution is 2.40. The van der Waals surface area contributed by atoms with E-state index in [0.717, 1.165) is 27.8 Å². The summed E-state index contributed by atoms with van der Waals surface area (Å²) in [6.45, 7) is 13.6. The minimum absolute atomic E-state index is 0.0282. The van der Waals surface area contributed by atoms with Crippen molar-refractivity contribution in [1.29, 1.82) is 5.41 Å². The van der Waals surface area contributed by atoms with E-state index >= 15 is 0 Å². The minimum Gasteiger partial charge on any atom is -0.490 e. The molecule has 0 atom stereocenters. The first kappa shape index (κ1) is 50.3. The van der Waals surface area contributed by atoms with Gasteiger partial charge < -0.3 is 49.9 Å². The average Bonchev–Trinajstić information content (AvgIpc) is 3.95. The number of carbonyl (C=O) groups is 3. The van der Waals surface area contributed by atoms with Crippen molar-refractivity contribution in [3.8, 4) is 5.75 Å². The summed E-state index contributed by atoms with van der Waals surface area (Å²) >= 11 is 1.27. The molecule has 360 valence electrons. The second kappa shape index (κ2) is 23.0. The molecule has 0 unspecified atom stereocenters. The average molecular weight is 947 g/mol. The van der Waals surface area contributed by atoms with Crippen molar-refractivity contribution >= 4 is 46.3 Å². The quantitative estimate of drug-likeness (QED) is 0.0164. The van der Waals surface area contributed by atoms with Gasteiger partial charge >= 0.3 is 18.2 Å². The molecule has 0 radical (unpaired) electrons. The number of fused-ring (bicyclic) bond motifs is 1. The third-order valence-electron chi connectivity index (χ3n) is 10.5. The largest absolute Gasteiger partial charge is 0.490 e. The fourth-order valence-electron chi connectivity index (χ4n) is 7.57. The van der Waals surface area contributed by atoms with Gasteiger partial charge in [0.05, 0.1) is 0 Å². The zero-order valence-corrected chi connectivity index (χ0v) is 40.4. The van der Waals surface area contributed by atoms with E-state index in [1.165, 1.54) is 11.3 Å². The maximum atomic E-state index is 12.5. The van der Waals surface area contributed by atoms with Crippen molar-refractivity contribution in [2.45, 2.75) is 84.2 Å². The van der Waals surface area contributed by atoms with Gasteiger partial charge in [0.1, 0.15) is 34.8 Å². The number of amides is 2. The van der Waals surface area contributed by atoms with Gasteiger partial charge in [-0.2, -0.15) is 0 Å². The zero-order chi connectivity index (χ0) is 48.7. The number of aromatic nitrogens is 1. The van der Waals surface area contributed by atoms with Crippen LogP contribution >= 0.6 is 11.3 Å². The Kier molecular flexibility index (Phi) is 17.0. The number of hydrogen-bond acceptors (Lipinski definition) is 12. The van der Waals surface area contributed by atoms with Gasteiger partial charge in [-0.3, -0.25) is 5.41 Å². The number of anilines is 1. The number of benzene rings is 4. The van der Waals surface area contributed by atoms with Crippen LogP contribution in [0, 0.1) is 5.41 Å². The third kappa shape index (κ3) is 14.2. The van der Waals surface area contributed by atoms with Crippen LogP contribution in [-0.2, 0) is 37.7 Å². The number of hydrogen-bond donors (Lipinski definition) is 5. The van der Waals surface area contributed by atoms with Crippen molar-refractivity contribution in [3.63, 3.8) is 0 Å². The molecule has 2 amide bonds. The normalized spacial score (nSPS) is 12.7. The summed E-state index contributed by atoms with van der Waals surface area (Å²) in [5.41, 5.74) is 2.73. The second-order valence-electron chi connectivity index (χ2n) is 18.1. The topological polar surface area (TPSA) is 200 Å². The summed E-state index contributed by atoms with van der Waals surface area (Å²) in [5.74, 6) is -0.370. The molecule has 0 spiro atoms. The molecule has 1 aliphatic rings. The minimum atomic E-state index is -1.29. The molecule has 6 rings (SSSR count). The number of rotatable bonds is 20. The molecule has 68 heavy (non-hydrogen) atoms. The SMILES string of the molecule is CC(C)(C)OC(=O)NCCCN(CCCNC(=O)OC(C)(C)C)C(=N)N1Cc2ccc(OCCO/N=C(\C(=O)O)c3csc(NC(c4ccccc4)(c4ccccc4)c4ccccc4)n3)cc2C1. The van der Waals surface area contributed by atoms with E-state index in [2.05, 4.69) is 57.5 Å². The Morgan fingerprint density at radius 1 is 0.750 bits per heavy atom. The van der Waals surface area contributed by atoms with Crippen LogP contribution in [0.2, 0.25) is 0 Å². The van der Waals surface area contributed by atoms with Crippen molar-refractivity contribution < 1.29 is 38.5 Å². The molecule has 0 bridgehead atoms. The lowest BCUT2D eigenvalue weighted by Gasteiger charge is -2.36. The van der Waals surface area contributed by atoms with Crippen LogP contribution in [-0.4, -0.2) is 100 Å². The van der Waals surface area contributed by atoms with Gasteiger partial charge in [-0.15, -0.1) is 11.3 Å². The first-order valence-corrected chi connectivity index (χ1v) is 23.5. The second-order valence-corrected chi connectivity index (χ2v) is 19.0. The van der Waals surface area contributed by atoms with Crippen LogP contribution in [0.5, 0.6) is 5.75 Å². The molecule has 1 aromatic heterocycles. The molecule has 2 heterocycles. The molecular formula is C51H62N8O8S. The highest BCUT2D eigenvalue weighted by molar-refractivity contribution is 7.14. The number of thiazole rings is 1. The molecule has 4 aromatic carbocycles. The predicted octanol–water partition coefficient (Wildman–Crippen LogP) is 8.81. The first-order chi connectivity index (χ1) is 32.5. The van der Waals surface area contributed by atoms with Crippen molar-refractivity contribution in [3.05, 3.63) is 148 Å². The maximum absolute atomic E-state index is 12.5. The fourth-order valence-corrected chi connectivity index (χ4v) is 8.32. The number of guanidine groups is 1. The number of aliphatic carboxylic acids is 1. The van der Waals surface area contributed by atoms with E-state index in [-0.39, 0.29) is 24.6 Å². The number of carbonyl (C=O) groups excluding carboxylic acids is 2. The molecular weight excluding hydrogens is 885 g/mol. The Morgan fingerprint density at radius 3 is 1.76 bits per heavy atom. The van der Waals surface area contributed by atoms with Gasteiger partial charge in [-0.1, -0.05) is 102 Å². The number of alkyl carbamates (subject to hydrolysis) is 2. The molecule has 5 aromatic rings. The van der Waals surface area contributed by atoms with Gasteiger partial charge in [0, 0.05) is 44.6 Å². The number of nitrogens with one attached hydrogen (secondary N) is 4. The summed E-state index contributed by atoms with van der Waals surface area (Å²) in [6, 6.07) is 35.9. The van der Waals surface area contributed by atoms with Gasteiger partial charge in [0.15, 0.2) is 17.7 Å². The summed E-state index contributed by atoms with van der Waals surface area (Å²) in [6.07, 6.45) is 0.150. The van der Waals surface area contributed by atoms with E-state index in [1.807, 2.05) is 82.6 Å². The monoisotopic (exact) mass is 946 g/mol. The van der Waals surface area contributed by atoms with Crippen LogP contribution < -0.4 is 20.7 Å². The van der Waals surface area contributed by atoms with E-state index in [1.54, 1.807) is 46.9 Å². The van der Waals surface area contributed by atoms with Crippen LogP contribution in [0.3, 0.4) is 0 Å². The van der Waals surface area contributed by atoms with Crippen LogP contribution in [0.15, 0.2) is 120 Å². The first-order valence-electron chi connectivity index (χ1n) is 22.6. The Hall–Kier alpha value is -7.14. The van der Waals surface area contributed by atoms with Gasteiger partial charge in [0.2, 0.25) is 5.71 Å². The van der Waals surface area contributed by atoms with E-state index in [4.69, 9.17) is 24.0 Å². The molecule has 0 aliphatic carbocycles. The molecule has 0 fully saturated rings. The number of oxime groups is 1. The Morgan fingerprint density at radius 2 is 1.26 bits per heavy atom. The molecule has 16 nitrogen and oxygen atoms in total. The number of carboxylic acid groups (broad SMARTS) is 1. The molecule has 17 heteroatoms. The molecule has 0 saturated carbocycles. The zero-order valence-electron chi connectivity index (χ0n) is 39.5. The number of nitrogens with zero attached hydrogens (tertiary/aromatic N) is 4. The highest BCUT2D eigenvalue weighted by atomic mass is 32.1. The van der Waals surface area contributed by atoms with Crippen molar-refractivity contribution in [2.24, 2.45) is 5.16 Å². The lowest BCUT2D eigenvalue weighted by Crippen LogP contribution is -2.44. The smallest absolute Gasteiger partial charge is 0.407 e. The fraction of sp³-hybridized carbons (Fsp3) is 0.373. The Bertz CT molecular complexity index is 2360. The molecule has 5 N–H and O–H groups in total. The van der Waals surface area contributed by atoms with Crippen LogP contribution in [0.4, 0.5) is 14.7 Å². The predicted molar refractivity (Wildman–Crippen MR) is 263 cm³/mol. The highest BCUT2D eigenvalue weighted by Gasteiger charge is 2.37. The van der Waals surface area contributed by atoms with Gasteiger partial charge in [0.25, 0.3) is 0 Å². The lowest BCUT2D eigenvalue weighted by molar-refractivity contribution is -0.129. The van der Waals surface area contributed by atoms with Crippen molar-refractivity contribution in [1.82, 2.24) is 25.4 Å². The lowest BCUT2D eigenvalue weighted by atomic mass is 9.77. The Balaban J connectivity index is 1.05. The summed E-state index contributed by atoms with van der Waals surface area (Å²) in [5, 5.41) is 34.7. The van der Waals surface area contributed by atoms with Gasteiger partial charge in [-0.05, 0) is 94.3 Å². The van der Waals surface area contributed by atoms with Crippen molar-refractivity contribution in [2.75, 3.05) is 44.7 Å². The summed E-state index contributed by atoms with van der Waals surface area (Å²) in [7, 11) is 0. The maximum Gasteiger partial charge on any atom is 0.407 e. The molecule has 1 aliphatic heterocycles. The Labute approximate surface area is 402 Å². The summed E-state index contributed by atoms with van der Waals surface area (Å²) < 4.78 is 16.7. The van der Waals surface area contributed by atoms with Crippen LogP contribution in [0.25, 0.3) is 0 Å². The van der Waals surface area contributed by atoms with Gasteiger partial charge in [-0.25, -0.2) is 19.4 Å². The van der Waals surface area contributed by atoms with E-state index < -0.39 is 34.9 Å². The third-order valence-corrected chi connectivity index (χ3v) is 11.3. The molecule has 0 saturated heterocycles. The number of carboxylic acids is 1. The standard InChI is InChI=1S/C51H62N8O8S/c1-49(2,3)66-47(62)53-26-16-28-58(29-17-27-54-48(63)67-50(4,5)6)45(52)59-33-36-24-25-41(32-37(36)34-59)64-30-31-65-57-43(44(60)61)42-35-68-46(55-42)56-51(38-18-10-7-11-19-38,39-20-12-8-13-21-39)40-22-14-9-15-23-40/h7-15,18-25,32,35,52H,16-17,26-31,33-34H2,1-6H3,(H,53,62)(H,54,63)(H,55,56)(H,60,61)/b52-45?,57-43-. The van der Waals surface area contributed by atoms with E-state index in [9.17, 15) is 24.9 Å². The summed E-state index contributed by atoms with van der Waals surface area (Å²) in [4.78, 5) is 51.0. The number of ether oxygens (including phenoxy) is 3. The van der Waals surface area contributed by atoms with Crippen LogP contribution in [0.1, 0.15) is 87.9 Å². The van der Waals surface area contributed by atoms with E-state index in [0.29, 0.717) is 69.0 Å².